The number of rotatable bonds is 14. The molecule has 4 aromatic rings. The first-order chi connectivity index (χ1) is 23.0. The van der Waals surface area contributed by atoms with Gasteiger partial charge in [-0.15, -0.1) is 0 Å². The molecule has 0 saturated carbocycles. The van der Waals surface area contributed by atoms with Crippen LogP contribution in [-0.4, -0.2) is 47.0 Å². The first kappa shape index (κ1) is 36.0. The summed E-state index contributed by atoms with van der Waals surface area (Å²) in [6.45, 7) is 15.4. The molecule has 5 rings (SSSR count). The lowest BCUT2D eigenvalue weighted by Gasteiger charge is -2.46. The van der Waals surface area contributed by atoms with E-state index >= 15 is 0 Å². The van der Waals surface area contributed by atoms with Crippen LogP contribution < -0.4 is 4.74 Å². The van der Waals surface area contributed by atoms with Crippen LogP contribution in [0.3, 0.4) is 0 Å². The van der Waals surface area contributed by atoms with Crippen LogP contribution in [-0.2, 0) is 30.8 Å². The topological polar surface area (TPSA) is 46.2 Å². The van der Waals surface area contributed by atoms with Crippen LogP contribution >= 0.6 is 0 Å². The maximum atomic E-state index is 7.33. The van der Waals surface area contributed by atoms with Gasteiger partial charge >= 0.3 is 0 Å². The molecule has 0 amide bonds. The van der Waals surface area contributed by atoms with Crippen molar-refractivity contribution in [2.45, 2.75) is 89.2 Å². The van der Waals surface area contributed by atoms with Crippen LogP contribution in [0.5, 0.6) is 5.75 Å². The highest BCUT2D eigenvalue weighted by Gasteiger charge is 2.46. The zero-order chi connectivity index (χ0) is 34.2. The maximum Gasteiger partial charge on any atom is 0.192 e. The van der Waals surface area contributed by atoms with Gasteiger partial charge in [0.1, 0.15) is 17.5 Å². The molecule has 48 heavy (non-hydrogen) atoms. The van der Waals surface area contributed by atoms with E-state index in [1.54, 1.807) is 7.11 Å². The normalized spacial score (nSPS) is 18.6. The Hall–Kier alpha value is -3.26. The third-order valence-corrected chi connectivity index (χ3v) is 14.7. The van der Waals surface area contributed by atoms with Gasteiger partial charge in [-0.1, -0.05) is 131 Å². The van der Waals surface area contributed by atoms with Crippen LogP contribution in [0.1, 0.15) is 62.8 Å². The molecule has 1 aliphatic rings. The van der Waals surface area contributed by atoms with Crippen molar-refractivity contribution < 1.29 is 23.4 Å². The molecule has 0 bridgehead atoms. The van der Waals surface area contributed by atoms with Gasteiger partial charge in [0, 0.05) is 12.5 Å². The molecule has 256 valence electrons. The van der Waals surface area contributed by atoms with Crippen molar-refractivity contribution in [1.29, 1.82) is 0 Å². The van der Waals surface area contributed by atoms with E-state index in [1.807, 2.05) is 30.3 Å². The zero-order valence-corrected chi connectivity index (χ0v) is 30.9. The molecular formula is C42H54O5Si. The largest absolute Gasteiger partial charge is 0.497 e. The van der Waals surface area contributed by atoms with Crippen molar-refractivity contribution in [3.8, 4) is 5.75 Å². The minimum Gasteiger partial charge on any atom is -0.497 e. The summed E-state index contributed by atoms with van der Waals surface area (Å²) in [5.74, 6) is 0.783. The molecular weight excluding hydrogens is 613 g/mol. The first-order valence-electron chi connectivity index (χ1n) is 17.4. The fourth-order valence-corrected chi connectivity index (χ4v) is 7.75. The summed E-state index contributed by atoms with van der Waals surface area (Å²) in [5.41, 5.74) is 3.42. The number of ether oxygens (including phenoxy) is 4. The van der Waals surface area contributed by atoms with Crippen molar-refractivity contribution >= 4 is 8.32 Å². The highest BCUT2D eigenvalue weighted by atomic mass is 28.4. The highest BCUT2D eigenvalue weighted by molar-refractivity contribution is 6.74. The summed E-state index contributed by atoms with van der Waals surface area (Å²) in [5, 5.41) is 0.0907. The molecule has 0 N–H and O–H groups in total. The highest BCUT2D eigenvalue weighted by Crippen LogP contribution is 2.43. The predicted molar refractivity (Wildman–Crippen MR) is 197 cm³/mol. The fourth-order valence-electron chi connectivity index (χ4n) is 6.39. The quantitative estimate of drug-likeness (QED) is 0.0991. The summed E-state index contributed by atoms with van der Waals surface area (Å²) >= 11 is 0. The van der Waals surface area contributed by atoms with Gasteiger partial charge in [0.05, 0.1) is 32.5 Å². The van der Waals surface area contributed by atoms with Gasteiger partial charge in [0.15, 0.2) is 8.32 Å². The Morgan fingerprint density at radius 2 is 1.31 bits per heavy atom. The van der Waals surface area contributed by atoms with Gasteiger partial charge in [-0.05, 0) is 65.4 Å². The third-order valence-electron chi connectivity index (χ3n) is 10.2. The van der Waals surface area contributed by atoms with Gasteiger partial charge in [0.2, 0.25) is 0 Å². The monoisotopic (exact) mass is 666 g/mol. The first-order valence-corrected chi connectivity index (χ1v) is 20.3. The van der Waals surface area contributed by atoms with E-state index in [1.165, 1.54) is 0 Å². The lowest BCUT2D eigenvalue weighted by molar-refractivity contribution is -0.168. The molecule has 0 spiro atoms. The van der Waals surface area contributed by atoms with Crippen molar-refractivity contribution in [2.24, 2.45) is 5.92 Å². The van der Waals surface area contributed by atoms with E-state index in [0.29, 0.717) is 19.8 Å². The molecule has 6 heteroatoms. The van der Waals surface area contributed by atoms with E-state index in [9.17, 15) is 0 Å². The van der Waals surface area contributed by atoms with Gasteiger partial charge in [-0.25, -0.2) is 0 Å². The van der Waals surface area contributed by atoms with Gasteiger partial charge < -0.3 is 23.4 Å². The molecule has 0 aliphatic carbocycles. The van der Waals surface area contributed by atoms with E-state index < -0.39 is 13.9 Å². The second-order valence-corrected chi connectivity index (χ2v) is 19.3. The van der Waals surface area contributed by atoms with Crippen molar-refractivity contribution in [3.05, 3.63) is 138 Å². The number of methoxy groups -OCH3 is 1. The maximum absolute atomic E-state index is 7.33. The number of hydrogen-bond acceptors (Lipinski definition) is 5. The number of hydrogen-bond donors (Lipinski definition) is 0. The lowest BCUT2D eigenvalue weighted by atomic mass is 9.79. The summed E-state index contributed by atoms with van der Waals surface area (Å²) in [6, 6.07) is 39.6. The molecule has 1 fully saturated rings. The predicted octanol–water partition coefficient (Wildman–Crippen LogP) is 9.79. The smallest absolute Gasteiger partial charge is 0.192 e. The third kappa shape index (κ3) is 8.29. The SMILES string of the molecule is COc1ccc(C(OC[C@H](C)[C@@H](OCc2ccccc2)[C@H]2OCCC[C@@H]2O[Si](C)(C)C(C)(C)C)(c2ccccc2)c2ccccc2)cc1. The van der Waals surface area contributed by atoms with Crippen molar-refractivity contribution in [3.63, 3.8) is 0 Å². The molecule has 4 aromatic carbocycles. The Morgan fingerprint density at radius 3 is 1.85 bits per heavy atom. The second kappa shape index (κ2) is 16.0. The van der Waals surface area contributed by atoms with E-state index in [-0.39, 0.29) is 29.3 Å². The lowest BCUT2D eigenvalue weighted by Crippen LogP contribution is -2.54. The molecule has 1 heterocycles. The minimum absolute atomic E-state index is 0.0209. The Balaban J connectivity index is 1.52. The molecule has 1 saturated heterocycles. The van der Waals surface area contributed by atoms with Crippen LogP contribution in [0.15, 0.2) is 115 Å². The average molecular weight is 667 g/mol. The summed E-state index contributed by atoms with van der Waals surface area (Å²) in [7, 11) is -0.373. The summed E-state index contributed by atoms with van der Waals surface area (Å²) in [4.78, 5) is 0. The average Bonchev–Trinajstić information content (AvgIpc) is 3.10. The van der Waals surface area contributed by atoms with Gasteiger partial charge in [-0.2, -0.15) is 0 Å². The molecule has 4 atom stereocenters. The van der Waals surface area contributed by atoms with Crippen LogP contribution in [0.25, 0.3) is 0 Å². The molecule has 0 radical (unpaired) electrons. The Morgan fingerprint density at radius 1 is 0.771 bits per heavy atom. The van der Waals surface area contributed by atoms with Gasteiger partial charge in [0.25, 0.3) is 0 Å². The molecule has 0 unspecified atom stereocenters. The van der Waals surface area contributed by atoms with Crippen LogP contribution in [0, 0.1) is 5.92 Å². The van der Waals surface area contributed by atoms with Crippen molar-refractivity contribution in [1.82, 2.24) is 0 Å². The Bertz CT molecular complexity index is 1480. The van der Waals surface area contributed by atoms with Crippen LogP contribution in [0.4, 0.5) is 0 Å². The van der Waals surface area contributed by atoms with Crippen molar-refractivity contribution in [2.75, 3.05) is 20.3 Å². The van der Waals surface area contributed by atoms with Gasteiger partial charge in [-0.3, -0.25) is 0 Å². The van der Waals surface area contributed by atoms with E-state index in [4.69, 9.17) is 23.4 Å². The fraction of sp³-hybridized carbons (Fsp3) is 0.429. The second-order valence-electron chi connectivity index (χ2n) is 14.6. The summed E-state index contributed by atoms with van der Waals surface area (Å²) < 4.78 is 33.5. The Kier molecular flexibility index (Phi) is 12.0. The Labute approximate surface area is 289 Å². The zero-order valence-electron chi connectivity index (χ0n) is 29.9. The van der Waals surface area contributed by atoms with E-state index in [0.717, 1.165) is 40.8 Å². The van der Waals surface area contributed by atoms with Crippen LogP contribution in [0.2, 0.25) is 18.1 Å². The minimum atomic E-state index is -2.07. The molecule has 1 aliphatic heterocycles. The standard InChI is InChI=1S/C42H54O5Si/c1-32(39(45-31-33-18-11-8-12-19-33)40-38(24-17-29-44-40)47-48(6,7)41(2,3)4)30-46-42(34-20-13-9-14-21-34,35-22-15-10-16-23-35)36-25-27-37(43-5)28-26-36/h8-16,18-23,25-28,32,38-40H,17,24,29-31H2,1-7H3/t32-,38-,39+,40-/m0/s1. The molecule has 0 aromatic heterocycles. The number of benzene rings is 4. The van der Waals surface area contributed by atoms with E-state index in [2.05, 4.69) is 126 Å². The summed E-state index contributed by atoms with van der Waals surface area (Å²) in [6.07, 6.45) is 1.44. The molecule has 5 nitrogen and oxygen atoms in total.